The molecule has 1 unspecified atom stereocenters. The van der Waals surface area contributed by atoms with Gasteiger partial charge < -0.3 is 15.2 Å². The Bertz CT molecular complexity index is 617. The third-order valence-corrected chi connectivity index (χ3v) is 5.04. The van der Waals surface area contributed by atoms with Crippen LogP contribution in [0.1, 0.15) is 51.6 Å². The van der Waals surface area contributed by atoms with E-state index < -0.39 is 0 Å². The molecule has 1 aliphatic heterocycles. The minimum Gasteiger partial charge on any atom is -0.475 e. The van der Waals surface area contributed by atoms with Gasteiger partial charge in [-0.25, -0.2) is 4.79 Å². The predicted octanol–water partition coefficient (Wildman–Crippen LogP) is 1.86. The number of nitrogens with zero attached hydrogens (tertiary/aromatic N) is 3. The highest BCUT2D eigenvalue weighted by Gasteiger charge is 2.31. The van der Waals surface area contributed by atoms with Crippen molar-refractivity contribution in [3.05, 3.63) is 11.8 Å². The number of esters is 1. The summed E-state index contributed by atoms with van der Waals surface area (Å²) in [5.74, 6) is 0.376. The van der Waals surface area contributed by atoms with Crippen LogP contribution in [0.4, 0.5) is 0 Å². The van der Waals surface area contributed by atoms with Gasteiger partial charge in [0.05, 0.1) is 31.9 Å². The minimum absolute atomic E-state index is 0.258. The van der Waals surface area contributed by atoms with Gasteiger partial charge in [-0.1, -0.05) is 32.3 Å². The van der Waals surface area contributed by atoms with Crippen LogP contribution in [0.25, 0.3) is 5.57 Å². The molecule has 146 valence electrons. The first kappa shape index (κ1) is 20.8. The van der Waals surface area contributed by atoms with Crippen molar-refractivity contribution in [2.75, 3.05) is 33.5 Å². The number of carbonyl (C=O) groups is 1. The number of likely N-dealkylation sites (N-methyl/N-ethyl adjacent to an activating group) is 1. The second kappa shape index (κ2) is 9.99. The Balaban J connectivity index is 1.94. The Morgan fingerprint density at radius 2 is 2.19 bits per heavy atom. The second-order valence-electron chi connectivity index (χ2n) is 7.34. The number of ether oxygens (including phenoxy) is 2. The van der Waals surface area contributed by atoms with Crippen molar-refractivity contribution in [3.8, 4) is 5.88 Å². The summed E-state index contributed by atoms with van der Waals surface area (Å²) in [4.78, 5) is 11.7. The lowest BCUT2D eigenvalue weighted by atomic mass is 10.1. The van der Waals surface area contributed by atoms with E-state index in [0.29, 0.717) is 23.7 Å². The molecule has 1 aliphatic rings. The highest BCUT2D eigenvalue weighted by Crippen LogP contribution is 2.30. The zero-order valence-corrected chi connectivity index (χ0v) is 17.0. The third-order valence-electron chi connectivity index (χ3n) is 4.53. The van der Waals surface area contributed by atoms with E-state index in [2.05, 4.69) is 34.5 Å². The number of quaternary nitrogens is 2. The fourth-order valence-electron chi connectivity index (χ4n) is 2.92. The number of hydrogen-bond acceptors (Lipinski definition) is 6. The van der Waals surface area contributed by atoms with E-state index in [1.165, 1.54) is 31.0 Å². The van der Waals surface area contributed by atoms with Gasteiger partial charge >= 0.3 is 5.97 Å². The Kier molecular flexibility index (Phi) is 7.99. The molecule has 0 fully saturated rings. The van der Waals surface area contributed by atoms with Gasteiger partial charge in [0, 0.05) is 12.0 Å². The molecule has 0 saturated carbocycles. The molecule has 0 saturated heterocycles. The van der Waals surface area contributed by atoms with Crippen LogP contribution in [0.15, 0.2) is 6.08 Å². The fraction of sp³-hybridized carbons (Fsp3) is 0.722. The second-order valence-corrected chi connectivity index (χ2v) is 7.87. The maximum Gasteiger partial charge on any atom is 0.368 e. The first-order chi connectivity index (χ1) is 12.4. The summed E-state index contributed by atoms with van der Waals surface area (Å²) in [6.45, 7) is 6.64. The molecule has 0 bridgehead atoms. The highest BCUT2D eigenvalue weighted by molar-refractivity contribution is 6.99. The lowest BCUT2D eigenvalue weighted by Crippen LogP contribution is -2.64. The van der Waals surface area contributed by atoms with E-state index in [-0.39, 0.29) is 12.0 Å². The molecule has 1 aromatic rings. The average Bonchev–Trinajstić information content (AvgIpc) is 3.08. The lowest BCUT2D eigenvalue weighted by molar-refractivity contribution is -0.919. The average molecular weight is 385 g/mol. The van der Waals surface area contributed by atoms with Gasteiger partial charge in [-0.05, 0) is 13.3 Å². The van der Waals surface area contributed by atoms with Crippen molar-refractivity contribution in [1.29, 1.82) is 0 Å². The van der Waals surface area contributed by atoms with E-state index in [9.17, 15) is 4.79 Å². The predicted molar refractivity (Wildman–Crippen MR) is 101 cm³/mol. The van der Waals surface area contributed by atoms with E-state index in [0.717, 1.165) is 37.2 Å². The first-order valence-electron chi connectivity index (χ1n) is 9.43. The van der Waals surface area contributed by atoms with E-state index in [4.69, 9.17) is 9.47 Å². The maximum atomic E-state index is 11.7. The van der Waals surface area contributed by atoms with Crippen LogP contribution in [-0.2, 0) is 9.53 Å². The summed E-state index contributed by atoms with van der Waals surface area (Å²) in [5.41, 5.74) is 5.67. The largest absolute Gasteiger partial charge is 0.475 e. The van der Waals surface area contributed by atoms with E-state index >= 15 is 0 Å². The molecule has 0 aliphatic carbocycles. The van der Waals surface area contributed by atoms with Gasteiger partial charge in [0.1, 0.15) is 12.2 Å². The Hall–Kier alpha value is -1.51. The lowest BCUT2D eigenvalue weighted by Gasteiger charge is -2.36. The molecule has 3 N–H and O–H groups in total. The van der Waals surface area contributed by atoms with Crippen molar-refractivity contribution < 1.29 is 24.5 Å². The molecular formula is C18H32N4O3S+2. The fourth-order valence-corrected chi connectivity index (χ4v) is 3.45. The van der Waals surface area contributed by atoms with Crippen LogP contribution < -0.4 is 10.5 Å². The summed E-state index contributed by atoms with van der Waals surface area (Å²) in [5, 5.41) is 0. The van der Waals surface area contributed by atoms with Crippen LogP contribution >= 0.6 is 11.7 Å². The van der Waals surface area contributed by atoms with Crippen LogP contribution in [0, 0.1) is 0 Å². The number of rotatable bonds is 10. The highest BCUT2D eigenvalue weighted by atomic mass is 32.1. The van der Waals surface area contributed by atoms with Gasteiger partial charge in [0.25, 0.3) is 5.88 Å². The molecule has 0 amide bonds. The summed E-state index contributed by atoms with van der Waals surface area (Å²) < 4.78 is 20.7. The number of aromatic nitrogens is 2. The Morgan fingerprint density at radius 1 is 1.38 bits per heavy atom. The molecule has 0 spiro atoms. The molecule has 0 radical (unpaired) electrons. The Labute approximate surface area is 160 Å². The minimum atomic E-state index is -0.350. The molecule has 2 atom stereocenters. The quantitative estimate of drug-likeness (QED) is 0.378. The van der Waals surface area contributed by atoms with Gasteiger partial charge in [-0.15, -0.1) is 4.37 Å². The molecule has 26 heavy (non-hydrogen) atoms. The van der Waals surface area contributed by atoms with E-state index in [1.54, 1.807) is 6.92 Å². The summed E-state index contributed by atoms with van der Waals surface area (Å²) in [6.07, 6.45) is 7.78. The van der Waals surface area contributed by atoms with Gasteiger partial charge in [-0.2, -0.15) is 4.37 Å². The SMILES string of the molecule is CCCCCCOc1nsnc1C1=CCC[N+](C)(COC(=O)[C@H](C)[NH3+])C1. The van der Waals surface area contributed by atoms with Gasteiger partial charge in [-0.3, -0.25) is 4.48 Å². The van der Waals surface area contributed by atoms with Crippen LogP contribution in [0.2, 0.25) is 0 Å². The van der Waals surface area contributed by atoms with E-state index in [1.807, 2.05) is 0 Å². The van der Waals surface area contributed by atoms with Crippen LogP contribution in [0.3, 0.4) is 0 Å². The van der Waals surface area contributed by atoms with Crippen molar-refractivity contribution in [3.63, 3.8) is 0 Å². The zero-order chi connectivity index (χ0) is 19.0. The third kappa shape index (κ3) is 6.03. The van der Waals surface area contributed by atoms with Crippen LogP contribution in [-0.4, -0.2) is 58.7 Å². The van der Waals surface area contributed by atoms with Gasteiger partial charge in [0.15, 0.2) is 6.04 Å². The van der Waals surface area contributed by atoms with Crippen molar-refractivity contribution >= 4 is 23.3 Å². The molecule has 0 aromatic carbocycles. The summed E-state index contributed by atoms with van der Waals surface area (Å²) in [7, 11) is 2.10. The number of unbranched alkanes of at least 4 members (excludes halogenated alkanes) is 3. The normalized spacial score (nSPS) is 21.2. The molecule has 2 rings (SSSR count). The monoisotopic (exact) mass is 384 g/mol. The molecule has 8 heteroatoms. The van der Waals surface area contributed by atoms with Crippen molar-refractivity contribution in [2.45, 2.75) is 52.0 Å². The van der Waals surface area contributed by atoms with Crippen molar-refractivity contribution in [1.82, 2.24) is 8.75 Å². The molecular weight excluding hydrogens is 352 g/mol. The molecule has 7 nitrogen and oxygen atoms in total. The molecule has 1 aromatic heterocycles. The topological polar surface area (TPSA) is 89.0 Å². The van der Waals surface area contributed by atoms with Gasteiger partial charge in [0.2, 0.25) is 6.73 Å². The van der Waals surface area contributed by atoms with Crippen LogP contribution in [0.5, 0.6) is 5.88 Å². The zero-order valence-electron chi connectivity index (χ0n) is 16.2. The summed E-state index contributed by atoms with van der Waals surface area (Å²) >= 11 is 1.18. The number of hydrogen-bond donors (Lipinski definition) is 1. The number of carbonyl (C=O) groups excluding carboxylic acids is 1. The smallest absolute Gasteiger partial charge is 0.368 e. The molecule has 2 heterocycles. The van der Waals surface area contributed by atoms with Crippen molar-refractivity contribution in [2.24, 2.45) is 0 Å². The first-order valence-corrected chi connectivity index (χ1v) is 10.2. The standard InChI is InChI=1S/C18H31N4O3S/c1-4-5-6-7-11-24-17-16(20-26-21-17)15-9-8-10-22(3,12-15)13-25-18(23)14(2)19/h9,14H,4-8,10-13,19H2,1-3H3/q+1/p+1/t14-,22?/m0/s1. The maximum absolute atomic E-state index is 11.7. The Morgan fingerprint density at radius 3 is 2.92 bits per heavy atom. The summed E-state index contributed by atoms with van der Waals surface area (Å²) in [6, 6.07) is -0.350.